The molecule has 9 heteroatoms. The fraction of sp³-hybridized carbons (Fsp3) is 0.267. The average Bonchev–Trinajstić information content (AvgIpc) is 3.13. The Morgan fingerprint density at radius 2 is 1.62 bits per heavy atom. The van der Waals surface area contributed by atoms with Gasteiger partial charge < -0.3 is 0 Å². The number of hydrogen-bond acceptors (Lipinski definition) is 5. The smallest absolute Gasteiger partial charge is 0.281 e. The molecule has 0 amide bonds. The van der Waals surface area contributed by atoms with Gasteiger partial charge in [-0.1, -0.05) is 24.3 Å². The molecule has 0 atom stereocenters. The Bertz CT molecular complexity index is 1010. The lowest BCUT2D eigenvalue weighted by Crippen LogP contribution is -2.29. The lowest BCUT2D eigenvalue weighted by atomic mass is 10.1. The largest absolute Gasteiger partial charge is 0.323 e. The predicted octanol–water partition coefficient (Wildman–Crippen LogP) is 1.19. The highest BCUT2D eigenvalue weighted by Gasteiger charge is 2.24. The molecule has 0 bridgehead atoms. The van der Waals surface area contributed by atoms with Crippen LogP contribution in [-0.2, 0) is 10.2 Å². The van der Waals surface area contributed by atoms with Crippen LogP contribution in [0.2, 0.25) is 0 Å². The Morgan fingerprint density at radius 3 is 2.12 bits per heavy atom. The van der Waals surface area contributed by atoms with E-state index in [1.165, 1.54) is 18.7 Å². The summed E-state index contributed by atoms with van der Waals surface area (Å²) in [6.45, 7) is 3.67. The summed E-state index contributed by atoms with van der Waals surface area (Å²) in [5, 5.41) is 5.76. The third kappa shape index (κ3) is 2.33. The molecule has 0 spiro atoms. The zero-order valence-electron chi connectivity index (χ0n) is 13.8. The molecule has 0 saturated carbocycles. The van der Waals surface area contributed by atoms with Crippen LogP contribution in [0.5, 0.6) is 0 Å². The Kier molecular flexibility index (Phi) is 3.77. The molecule has 2 heterocycles. The number of fused-ring (bicyclic) bond motifs is 1. The normalized spacial score (nSPS) is 12.2. The maximum atomic E-state index is 12.8. The van der Waals surface area contributed by atoms with Crippen LogP contribution in [0.3, 0.4) is 0 Å². The topological polar surface area (TPSA) is 90.1 Å². The minimum atomic E-state index is -3.80. The van der Waals surface area contributed by atoms with Crippen molar-refractivity contribution < 1.29 is 13.2 Å². The van der Waals surface area contributed by atoms with Crippen molar-refractivity contribution in [2.45, 2.75) is 13.8 Å². The van der Waals surface area contributed by atoms with Gasteiger partial charge in [-0.05, 0) is 13.8 Å². The lowest BCUT2D eigenvalue weighted by Gasteiger charge is -2.09. The summed E-state index contributed by atoms with van der Waals surface area (Å²) in [6, 6.07) is 7.67. The number of aryl methyl sites for hydroxylation is 2. The molecule has 0 fully saturated rings. The summed E-state index contributed by atoms with van der Waals surface area (Å²) < 4.78 is 27.3. The SMILES string of the molecule is Cc1c2ccccc2c(C)n1C(=O)c1ncn(S(=O)(=O)N(C)C)n1. The van der Waals surface area contributed by atoms with E-state index in [0.717, 1.165) is 32.8 Å². The second kappa shape index (κ2) is 5.53. The van der Waals surface area contributed by atoms with E-state index >= 15 is 0 Å². The molecule has 3 aromatic rings. The predicted molar refractivity (Wildman–Crippen MR) is 89.2 cm³/mol. The highest BCUT2D eigenvalue weighted by atomic mass is 32.2. The molecule has 2 aromatic heterocycles. The van der Waals surface area contributed by atoms with Crippen LogP contribution in [0.4, 0.5) is 0 Å². The van der Waals surface area contributed by atoms with Crippen molar-refractivity contribution in [3.05, 3.63) is 47.8 Å². The van der Waals surface area contributed by atoms with Gasteiger partial charge in [-0.2, -0.15) is 12.7 Å². The van der Waals surface area contributed by atoms with E-state index in [2.05, 4.69) is 10.1 Å². The first-order valence-electron chi connectivity index (χ1n) is 7.21. The van der Waals surface area contributed by atoms with Gasteiger partial charge in [-0.3, -0.25) is 9.36 Å². The molecule has 0 saturated heterocycles. The van der Waals surface area contributed by atoms with Crippen molar-refractivity contribution in [3.8, 4) is 0 Å². The molecule has 3 rings (SSSR count). The van der Waals surface area contributed by atoms with E-state index in [1.807, 2.05) is 38.1 Å². The molecule has 1 aromatic carbocycles. The third-order valence-corrected chi connectivity index (χ3v) is 5.51. The van der Waals surface area contributed by atoms with Crippen LogP contribution in [-0.4, -0.2) is 51.5 Å². The molecule has 126 valence electrons. The van der Waals surface area contributed by atoms with Gasteiger partial charge in [0.15, 0.2) is 0 Å². The molecule has 0 aliphatic rings. The van der Waals surface area contributed by atoms with Gasteiger partial charge in [0.05, 0.1) is 0 Å². The van der Waals surface area contributed by atoms with Crippen LogP contribution >= 0.6 is 0 Å². The molecule has 0 aliphatic heterocycles. The van der Waals surface area contributed by atoms with Gasteiger partial charge in [0.2, 0.25) is 5.82 Å². The number of aromatic nitrogens is 4. The monoisotopic (exact) mass is 347 g/mol. The molecule has 8 nitrogen and oxygen atoms in total. The Hall–Kier alpha value is -2.52. The maximum Gasteiger partial charge on any atom is 0.323 e. The van der Waals surface area contributed by atoms with Crippen LogP contribution in [0, 0.1) is 13.8 Å². The van der Waals surface area contributed by atoms with Crippen molar-refractivity contribution >= 4 is 26.9 Å². The van der Waals surface area contributed by atoms with Crippen LogP contribution in [0.15, 0.2) is 30.6 Å². The zero-order chi connectivity index (χ0) is 17.6. The van der Waals surface area contributed by atoms with E-state index in [1.54, 1.807) is 0 Å². The van der Waals surface area contributed by atoms with Crippen molar-refractivity contribution in [2.75, 3.05) is 14.1 Å². The summed E-state index contributed by atoms with van der Waals surface area (Å²) in [5.41, 5.74) is 1.53. The molecule has 24 heavy (non-hydrogen) atoms. The van der Waals surface area contributed by atoms with Crippen LogP contribution < -0.4 is 0 Å². The number of benzene rings is 1. The number of carbonyl (C=O) groups excluding carboxylic acids is 1. The molecule has 0 aliphatic carbocycles. The first-order chi connectivity index (χ1) is 11.2. The second-order valence-electron chi connectivity index (χ2n) is 5.59. The lowest BCUT2D eigenvalue weighted by molar-refractivity contribution is 0.0946. The summed E-state index contributed by atoms with van der Waals surface area (Å²) in [5.74, 6) is -0.638. The number of nitrogens with zero attached hydrogens (tertiary/aromatic N) is 5. The first-order valence-corrected chi connectivity index (χ1v) is 8.61. The van der Waals surface area contributed by atoms with E-state index in [9.17, 15) is 13.2 Å². The highest BCUT2D eigenvalue weighted by Crippen LogP contribution is 2.25. The summed E-state index contributed by atoms with van der Waals surface area (Å²) in [7, 11) is -1.04. The summed E-state index contributed by atoms with van der Waals surface area (Å²) in [6.07, 6.45) is 1.02. The van der Waals surface area contributed by atoms with E-state index in [4.69, 9.17) is 0 Å². The molecular formula is C15H17N5O3S. The summed E-state index contributed by atoms with van der Waals surface area (Å²) >= 11 is 0. The number of carbonyl (C=O) groups is 1. The Morgan fingerprint density at radius 1 is 1.08 bits per heavy atom. The van der Waals surface area contributed by atoms with Crippen molar-refractivity contribution in [1.82, 2.24) is 23.0 Å². The Labute approximate surface area is 139 Å². The van der Waals surface area contributed by atoms with Gasteiger partial charge in [0.25, 0.3) is 0 Å². The Balaban J connectivity index is 2.10. The number of hydrogen-bond donors (Lipinski definition) is 0. The minimum Gasteiger partial charge on any atom is -0.281 e. The standard InChI is InChI=1S/C15H17N5O3S/c1-10-12-7-5-6-8-13(12)11(2)20(10)15(21)14-16-9-19(17-14)24(22,23)18(3)4/h5-9H,1-4H3. The third-order valence-electron chi connectivity index (χ3n) is 3.94. The minimum absolute atomic E-state index is 0.174. The van der Waals surface area contributed by atoms with E-state index in [-0.39, 0.29) is 5.82 Å². The van der Waals surface area contributed by atoms with Gasteiger partial charge >= 0.3 is 16.1 Å². The fourth-order valence-corrected chi connectivity index (χ4v) is 3.32. The van der Waals surface area contributed by atoms with Gasteiger partial charge in [-0.25, -0.2) is 4.98 Å². The van der Waals surface area contributed by atoms with Crippen molar-refractivity contribution in [1.29, 1.82) is 0 Å². The number of rotatable bonds is 3. The first kappa shape index (κ1) is 16.3. The van der Waals surface area contributed by atoms with Gasteiger partial charge in [0, 0.05) is 36.3 Å². The summed E-state index contributed by atoms with van der Waals surface area (Å²) in [4.78, 5) is 16.7. The average molecular weight is 347 g/mol. The van der Waals surface area contributed by atoms with Crippen LogP contribution in [0.1, 0.15) is 22.0 Å². The molecular weight excluding hydrogens is 330 g/mol. The van der Waals surface area contributed by atoms with E-state index < -0.39 is 16.1 Å². The molecule has 0 radical (unpaired) electrons. The van der Waals surface area contributed by atoms with Gasteiger partial charge in [-0.15, -0.1) is 9.19 Å². The molecule has 0 unspecified atom stereocenters. The zero-order valence-corrected chi connectivity index (χ0v) is 14.6. The molecule has 0 N–H and O–H groups in total. The maximum absolute atomic E-state index is 12.8. The van der Waals surface area contributed by atoms with Gasteiger partial charge in [0.1, 0.15) is 6.33 Å². The highest BCUT2D eigenvalue weighted by molar-refractivity contribution is 7.87. The quantitative estimate of drug-likeness (QED) is 0.710. The fourth-order valence-electron chi connectivity index (χ4n) is 2.64. The van der Waals surface area contributed by atoms with Crippen LogP contribution in [0.25, 0.3) is 10.8 Å². The van der Waals surface area contributed by atoms with Crippen molar-refractivity contribution in [3.63, 3.8) is 0 Å². The second-order valence-corrected chi connectivity index (χ2v) is 7.59. The van der Waals surface area contributed by atoms with E-state index in [0.29, 0.717) is 4.09 Å². The van der Waals surface area contributed by atoms with Crippen molar-refractivity contribution in [2.24, 2.45) is 0 Å².